The molecule has 0 aliphatic heterocycles. The Morgan fingerprint density at radius 2 is 1.81 bits per heavy atom. The Labute approximate surface area is 190 Å². The van der Waals surface area contributed by atoms with Gasteiger partial charge in [0.15, 0.2) is 0 Å². The molecule has 3 rings (SSSR count). The Balaban J connectivity index is 1.93. The highest BCUT2D eigenvalue weighted by Gasteiger charge is 2.28. The van der Waals surface area contributed by atoms with Crippen LogP contribution in [0.15, 0.2) is 59.3 Å². The van der Waals surface area contributed by atoms with Gasteiger partial charge in [-0.05, 0) is 36.4 Å². The number of benzene rings is 2. The van der Waals surface area contributed by atoms with Crippen LogP contribution in [0.3, 0.4) is 0 Å². The molecule has 2 aromatic carbocycles. The number of nitrogens with one attached hydrogen (secondary N) is 2. The van der Waals surface area contributed by atoms with Crippen LogP contribution < -0.4 is 15.8 Å². The minimum atomic E-state index is -0.680. The zero-order valence-electron chi connectivity index (χ0n) is 16.9. The summed E-state index contributed by atoms with van der Waals surface area (Å²) >= 11 is 3.28. The lowest BCUT2D eigenvalue weighted by Gasteiger charge is -2.21. The Kier molecular flexibility index (Phi) is 6.95. The van der Waals surface area contributed by atoms with Gasteiger partial charge in [-0.1, -0.05) is 28.1 Å². The van der Waals surface area contributed by atoms with E-state index in [-0.39, 0.29) is 17.2 Å². The second-order valence-electron chi connectivity index (χ2n) is 6.31. The van der Waals surface area contributed by atoms with Gasteiger partial charge in [0.2, 0.25) is 11.6 Å². The molecule has 0 bridgehead atoms. The Bertz CT molecular complexity index is 1170. The number of nitro groups is 1. The van der Waals surface area contributed by atoms with E-state index in [9.17, 15) is 19.7 Å². The van der Waals surface area contributed by atoms with Gasteiger partial charge >= 0.3 is 11.7 Å². The Morgan fingerprint density at radius 1 is 1.12 bits per heavy atom. The highest BCUT2D eigenvalue weighted by atomic mass is 79.9. The minimum absolute atomic E-state index is 0.0956. The number of amides is 1. The molecule has 11 nitrogen and oxygen atoms in total. The van der Waals surface area contributed by atoms with E-state index in [1.807, 2.05) is 0 Å². The number of anilines is 3. The van der Waals surface area contributed by atoms with Crippen LogP contribution in [0.4, 0.5) is 23.0 Å². The lowest BCUT2D eigenvalue weighted by Crippen LogP contribution is -2.30. The van der Waals surface area contributed by atoms with Crippen molar-refractivity contribution in [2.75, 3.05) is 24.5 Å². The molecule has 1 amide bonds. The Hall–Kier alpha value is -4.06. The lowest BCUT2D eigenvalue weighted by molar-refractivity contribution is -0.383. The highest BCUT2D eigenvalue weighted by Crippen LogP contribution is 2.35. The zero-order valence-corrected chi connectivity index (χ0v) is 18.5. The number of nitrogens with zero attached hydrogens (tertiary/aromatic N) is 4. The lowest BCUT2D eigenvalue weighted by atomic mass is 10.1. The molecular formula is C20H17BrN6O5. The summed E-state index contributed by atoms with van der Waals surface area (Å²) in [4.78, 5) is 44.9. The van der Waals surface area contributed by atoms with Crippen LogP contribution in [-0.2, 0) is 4.74 Å². The fourth-order valence-electron chi connectivity index (χ4n) is 2.83. The molecule has 0 aliphatic carbocycles. The van der Waals surface area contributed by atoms with Crippen LogP contribution in [-0.4, -0.2) is 40.9 Å². The van der Waals surface area contributed by atoms with Crippen molar-refractivity contribution in [3.8, 4) is 0 Å². The summed E-state index contributed by atoms with van der Waals surface area (Å²) in [7, 11) is 2.75. The van der Waals surface area contributed by atoms with Gasteiger partial charge in [-0.25, -0.2) is 14.8 Å². The van der Waals surface area contributed by atoms with E-state index in [0.717, 1.165) is 10.8 Å². The number of halogens is 1. The van der Waals surface area contributed by atoms with Crippen LogP contribution in [0.2, 0.25) is 0 Å². The molecule has 0 unspecified atom stereocenters. The predicted octanol–water partition coefficient (Wildman–Crippen LogP) is 3.46. The van der Waals surface area contributed by atoms with Crippen LogP contribution in [0, 0.1) is 10.1 Å². The maximum Gasteiger partial charge on any atom is 0.355 e. The molecule has 164 valence electrons. The average molecular weight is 501 g/mol. The molecule has 2 N–H and O–H groups in total. The van der Waals surface area contributed by atoms with Crippen LogP contribution in [0.25, 0.3) is 0 Å². The standard InChI is InChI=1S/C20H17BrN6O5/c1-26(15-6-4-3-5-14(15)20(29)32-2)18-16(27(30)31)17(22-11-23-18)24-25-19(28)12-7-9-13(21)10-8-12/h3-11H,1-2H3,(H,25,28)(H,22,23,24). The van der Waals surface area contributed by atoms with Gasteiger partial charge in [-0.2, -0.15) is 0 Å². The van der Waals surface area contributed by atoms with Gasteiger partial charge < -0.3 is 9.64 Å². The first-order chi connectivity index (χ1) is 15.3. The van der Waals surface area contributed by atoms with Gasteiger partial charge in [-0.15, -0.1) is 0 Å². The molecule has 0 fully saturated rings. The largest absolute Gasteiger partial charge is 0.465 e. The van der Waals surface area contributed by atoms with Crippen molar-refractivity contribution in [2.45, 2.75) is 0 Å². The van der Waals surface area contributed by atoms with Crippen LogP contribution in [0.5, 0.6) is 0 Å². The van der Waals surface area contributed by atoms with Crippen molar-refractivity contribution in [1.82, 2.24) is 15.4 Å². The molecule has 0 saturated carbocycles. The smallest absolute Gasteiger partial charge is 0.355 e. The third-order valence-corrected chi connectivity index (χ3v) is 4.90. The summed E-state index contributed by atoms with van der Waals surface area (Å²) in [6, 6.07) is 13.0. The molecule has 0 atom stereocenters. The van der Waals surface area contributed by atoms with Crippen molar-refractivity contribution >= 4 is 50.8 Å². The number of para-hydroxylation sites is 1. The quantitative estimate of drug-likeness (QED) is 0.283. The van der Waals surface area contributed by atoms with E-state index in [2.05, 4.69) is 36.7 Å². The van der Waals surface area contributed by atoms with Gasteiger partial charge in [0, 0.05) is 17.1 Å². The van der Waals surface area contributed by atoms with Crippen molar-refractivity contribution < 1.29 is 19.2 Å². The molecule has 1 heterocycles. The van der Waals surface area contributed by atoms with E-state index < -0.39 is 22.5 Å². The fourth-order valence-corrected chi connectivity index (χ4v) is 3.09. The maximum absolute atomic E-state index is 12.3. The van der Waals surface area contributed by atoms with E-state index >= 15 is 0 Å². The van der Waals surface area contributed by atoms with Gasteiger partial charge in [0.05, 0.1) is 23.3 Å². The number of methoxy groups -OCH3 is 1. The molecule has 1 aromatic heterocycles. The fraction of sp³-hybridized carbons (Fsp3) is 0.100. The van der Waals surface area contributed by atoms with E-state index in [1.165, 1.54) is 25.1 Å². The first-order valence-electron chi connectivity index (χ1n) is 9.06. The molecule has 12 heteroatoms. The monoisotopic (exact) mass is 500 g/mol. The summed E-state index contributed by atoms with van der Waals surface area (Å²) in [5.74, 6) is -1.45. The highest BCUT2D eigenvalue weighted by molar-refractivity contribution is 9.10. The van der Waals surface area contributed by atoms with Gasteiger partial charge in [-0.3, -0.25) is 25.8 Å². The number of hydrogen-bond acceptors (Lipinski definition) is 9. The number of ether oxygens (including phenoxy) is 1. The number of esters is 1. The second kappa shape index (κ2) is 9.83. The third kappa shape index (κ3) is 4.81. The maximum atomic E-state index is 12.3. The molecule has 0 saturated heterocycles. The van der Waals surface area contributed by atoms with E-state index in [0.29, 0.717) is 11.3 Å². The first kappa shape index (κ1) is 22.6. The summed E-state index contributed by atoms with van der Waals surface area (Å²) < 4.78 is 5.58. The molecular weight excluding hydrogens is 484 g/mol. The topological polar surface area (TPSA) is 140 Å². The van der Waals surface area contributed by atoms with Crippen LogP contribution in [0.1, 0.15) is 20.7 Å². The number of aromatic nitrogens is 2. The number of hydrogen-bond donors (Lipinski definition) is 2. The van der Waals surface area contributed by atoms with Crippen LogP contribution >= 0.6 is 15.9 Å². The molecule has 0 spiro atoms. The van der Waals surface area contributed by atoms with Crippen molar-refractivity contribution in [1.29, 1.82) is 0 Å². The molecule has 32 heavy (non-hydrogen) atoms. The summed E-state index contributed by atoms with van der Waals surface area (Å²) in [6.45, 7) is 0. The van der Waals surface area contributed by atoms with Gasteiger partial charge in [0.1, 0.15) is 6.33 Å². The van der Waals surface area contributed by atoms with Crippen molar-refractivity contribution in [2.24, 2.45) is 0 Å². The third-order valence-electron chi connectivity index (χ3n) is 4.37. The summed E-state index contributed by atoms with van der Waals surface area (Å²) in [5, 5.41) is 11.9. The molecule has 0 aliphatic rings. The second-order valence-corrected chi connectivity index (χ2v) is 7.22. The molecule has 0 radical (unpaired) electrons. The Morgan fingerprint density at radius 3 is 2.47 bits per heavy atom. The molecule has 3 aromatic rings. The summed E-state index contributed by atoms with van der Waals surface area (Å²) in [5.41, 5.74) is 5.24. The van der Waals surface area contributed by atoms with E-state index in [1.54, 1.807) is 42.5 Å². The van der Waals surface area contributed by atoms with E-state index in [4.69, 9.17) is 4.74 Å². The zero-order chi connectivity index (χ0) is 23.3. The SMILES string of the molecule is COC(=O)c1ccccc1N(C)c1ncnc(NNC(=O)c2ccc(Br)cc2)c1[N+](=O)[O-]. The number of rotatable bonds is 7. The first-order valence-corrected chi connectivity index (χ1v) is 9.85. The average Bonchev–Trinajstić information content (AvgIpc) is 2.81. The predicted molar refractivity (Wildman–Crippen MR) is 120 cm³/mol. The number of hydrazine groups is 1. The number of carbonyl (C=O) groups is 2. The summed E-state index contributed by atoms with van der Waals surface area (Å²) in [6.07, 6.45) is 1.10. The van der Waals surface area contributed by atoms with Crippen molar-refractivity contribution in [3.05, 3.63) is 80.6 Å². The minimum Gasteiger partial charge on any atom is -0.465 e. The normalized spacial score (nSPS) is 10.2. The van der Waals surface area contributed by atoms with Gasteiger partial charge in [0.25, 0.3) is 5.91 Å². The van der Waals surface area contributed by atoms with Crippen molar-refractivity contribution in [3.63, 3.8) is 0 Å². The number of carbonyl (C=O) groups excluding carboxylic acids is 2.